The first kappa shape index (κ1) is 15.8. The van der Waals surface area contributed by atoms with E-state index in [1.807, 2.05) is 0 Å². The Morgan fingerprint density at radius 2 is 1.81 bits per heavy atom. The molecule has 0 radical (unpaired) electrons. The maximum absolute atomic E-state index is 6.30. The molecule has 1 aliphatic heterocycles. The predicted molar refractivity (Wildman–Crippen MR) is 90.2 cm³/mol. The van der Waals surface area contributed by atoms with Crippen molar-refractivity contribution in [2.75, 3.05) is 19.6 Å². The van der Waals surface area contributed by atoms with E-state index in [-0.39, 0.29) is 0 Å². The number of hydrogen-bond donors (Lipinski definition) is 2. The van der Waals surface area contributed by atoms with Gasteiger partial charge in [0.15, 0.2) is 0 Å². The molecule has 3 N–H and O–H groups in total. The van der Waals surface area contributed by atoms with Crippen molar-refractivity contribution in [1.29, 1.82) is 0 Å². The van der Waals surface area contributed by atoms with Crippen LogP contribution in [0, 0.1) is 29.1 Å². The van der Waals surface area contributed by atoms with E-state index < -0.39 is 0 Å². The van der Waals surface area contributed by atoms with E-state index in [2.05, 4.69) is 12.2 Å². The summed E-state index contributed by atoms with van der Waals surface area (Å²) < 4.78 is 0. The Labute approximate surface area is 131 Å². The highest BCUT2D eigenvalue weighted by atomic mass is 14.9. The van der Waals surface area contributed by atoms with E-state index in [9.17, 15) is 0 Å². The van der Waals surface area contributed by atoms with Gasteiger partial charge in [0.2, 0.25) is 0 Å². The van der Waals surface area contributed by atoms with Crippen LogP contribution in [-0.2, 0) is 0 Å². The third-order valence-corrected chi connectivity index (χ3v) is 7.15. The van der Waals surface area contributed by atoms with Gasteiger partial charge in [0.1, 0.15) is 0 Å². The average Bonchev–Trinajstić information content (AvgIpc) is 2.55. The van der Waals surface area contributed by atoms with E-state index >= 15 is 0 Å². The van der Waals surface area contributed by atoms with Gasteiger partial charge in [-0.25, -0.2) is 0 Å². The molecule has 1 heterocycles. The number of rotatable bonds is 4. The van der Waals surface area contributed by atoms with Gasteiger partial charge in [-0.15, -0.1) is 0 Å². The molecule has 3 aliphatic rings. The van der Waals surface area contributed by atoms with Crippen LogP contribution in [0.4, 0.5) is 0 Å². The molecule has 2 saturated carbocycles. The fourth-order valence-corrected chi connectivity index (χ4v) is 5.68. The molecule has 0 amide bonds. The zero-order valence-corrected chi connectivity index (χ0v) is 14.1. The van der Waals surface area contributed by atoms with Crippen molar-refractivity contribution >= 4 is 0 Å². The molecule has 0 aromatic heterocycles. The number of nitrogens with one attached hydrogen (secondary N) is 1. The third kappa shape index (κ3) is 3.64. The number of nitrogens with two attached hydrogens (primary N) is 1. The van der Waals surface area contributed by atoms with Gasteiger partial charge in [-0.05, 0) is 87.2 Å². The largest absolute Gasteiger partial charge is 0.330 e. The van der Waals surface area contributed by atoms with E-state index in [0.29, 0.717) is 5.41 Å². The van der Waals surface area contributed by atoms with Crippen LogP contribution in [0.25, 0.3) is 0 Å². The van der Waals surface area contributed by atoms with Crippen LogP contribution in [0.15, 0.2) is 0 Å². The van der Waals surface area contributed by atoms with Gasteiger partial charge in [-0.1, -0.05) is 32.6 Å². The lowest BCUT2D eigenvalue weighted by atomic mass is 9.59. The Hall–Kier alpha value is -0.0800. The topological polar surface area (TPSA) is 38.0 Å². The summed E-state index contributed by atoms with van der Waals surface area (Å²) in [6.45, 7) is 5.86. The van der Waals surface area contributed by atoms with Crippen LogP contribution in [0.1, 0.15) is 71.1 Å². The summed E-state index contributed by atoms with van der Waals surface area (Å²) in [5, 5.41) is 3.59. The zero-order chi connectivity index (χ0) is 14.7. The van der Waals surface area contributed by atoms with E-state index in [4.69, 9.17) is 5.73 Å². The molecule has 2 heteroatoms. The fourth-order valence-electron chi connectivity index (χ4n) is 5.68. The first-order valence-corrected chi connectivity index (χ1v) is 9.62. The lowest BCUT2D eigenvalue weighted by molar-refractivity contribution is 0.0397. The summed E-state index contributed by atoms with van der Waals surface area (Å²) in [6.07, 6.45) is 14.6. The lowest BCUT2D eigenvalue weighted by Gasteiger charge is -2.47. The van der Waals surface area contributed by atoms with Gasteiger partial charge >= 0.3 is 0 Å². The third-order valence-electron chi connectivity index (χ3n) is 7.15. The highest BCUT2D eigenvalue weighted by molar-refractivity contribution is 4.93. The van der Waals surface area contributed by atoms with Crippen molar-refractivity contribution in [2.24, 2.45) is 34.8 Å². The second-order valence-corrected chi connectivity index (χ2v) is 8.59. The molecular formula is C19H36N2. The summed E-state index contributed by atoms with van der Waals surface area (Å²) in [4.78, 5) is 0. The molecule has 2 nitrogen and oxygen atoms in total. The maximum atomic E-state index is 6.30. The second-order valence-electron chi connectivity index (χ2n) is 8.59. The van der Waals surface area contributed by atoms with Crippen molar-refractivity contribution in [3.05, 3.63) is 0 Å². The first-order valence-electron chi connectivity index (χ1n) is 9.62. The van der Waals surface area contributed by atoms with Gasteiger partial charge in [0.05, 0.1) is 0 Å². The van der Waals surface area contributed by atoms with Crippen molar-refractivity contribution in [1.82, 2.24) is 5.32 Å². The standard InChI is InChI=1S/C19H36N2/c1-19(14-20,12-15-5-4-10-21-13-15)18-9-8-16-6-2-3-7-17(16)11-18/h15-18,21H,2-14,20H2,1H3/t15?,16?,17?,18?,19-/m1/s1. The summed E-state index contributed by atoms with van der Waals surface area (Å²) in [6, 6.07) is 0. The minimum Gasteiger partial charge on any atom is -0.330 e. The first-order chi connectivity index (χ1) is 10.2. The second kappa shape index (κ2) is 7.00. The zero-order valence-electron chi connectivity index (χ0n) is 14.1. The average molecular weight is 293 g/mol. The normalized spacial score (nSPS) is 40.3. The summed E-state index contributed by atoms with van der Waals surface area (Å²) in [5.74, 6) is 3.86. The SMILES string of the molecule is C[C@](CN)(CC1CCCNC1)C1CCC2CCCCC2C1. The predicted octanol–water partition coefficient (Wildman–Crippen LogP) is 3.95. The molecular weight excluding hydrogens is 256 g/mol. The Morgan fingerprint density at radius 1 is 1.00 bits per heavy atom. The number of hydrogen-bond acceptors (Lipinski definition) is 2. The molecule has 0 spiro atoms. The monoisotopic (exact) mass is 292 g/mol. The molecule has 3 fully saturated rings. The molecule has 0 aromatic carbocycles. The van der Waals surface area contributed by atoms with Crippen LogP contribution in [-0.4, -0.2) is 19.6 Å². The van der Waals surface area contributed by atoms with Crippen LogP contribution in [0.3, 0.4) is 0 Å². The van der Waals surface area contributed by atoms with Crippen LogP contribution >= 0.6 is 0 Å². The Bertz CT molecular complexity index is 324. The minimum atomic E-state index is 0.395. The summed E-state index contributed by atoms with van der Waals surface area (Å²) >= 11 is 0. The van der Waals surface area contributed by atoms with E-state index in [0.717, 1.165) is 30.2 Å². The Balaban J connectivity index is 1.61. The van der Waals surface area contributed by atoms with E-state index in [1.54, 1.807) is 0 Å². The van der Waals surface area contributed by atoms with Crippen LogP contribution < -0.4 is 11.1 Å². The van der Waals surface area contributed by atoms with Crippen LogP contribution in [0.5, 0.6) is 0 Å². The van der Waals surface area contributed by atoms with Gasteiger partial charge in [-0.2, -0.15) is 0 Å². The molecule has 2 aliphatic carbocycles. The van der Waals surface area contributed by atoms with Gasteiger partial charge in [-0.3, -0.25) is 0 Å². The number of fused-ring (bicyclic) bond motifs is 1. The molecule has 1 saturated heterocycles. The van der Waals surface area contributed by atoms with Crippen molar-refractivity contribution in [3.63, 3.8) is 0 Å². The molecule has 21 heavy (non-hydrogen) atoms. The van der Waals surface area contributed by atoms with Crippen molar-refractivity contribution in [2.45, 2.75) is 71.1 Å². The Kier molecular flexibility index (Phi) is 5.27. The van der Waals surface area contributed by atoms with Crippen molar-refractivity contribution < 1.29 is 0 Å². The molecule has 5 atom stereocenters. The van der Waals surface area contributed by atoms with E-state index in [1.165, 1.54) is 77.3 Å². The highest BCUT2D eigenvalue weighted by Gasteiger charge is 2.41. The maximum Gasteiger partial charge on any atom is -0.00203 e. The lowest BCUT2D eigenvalue weighted by Crippen LogP contribution is -2.43. The van der Waals surface area contributed by atoms with Crippen LogP contribution in [0.2, 0.25) is 0 Å². The highest BCUT2D eigenvalue weighted by Crippen LogP contribution is 2.49. The number of piperidine rings is 1. The van der Waals surface area contributed by atoms with Gasteiger partial charge in [0, 0.05) is 0 Å². The quantitative estimate of drug-likeness (QED) is 0.823. The Morgan fingerprint density at radius 3 is 2.52 bits per heavy atom. The van der Waals surface area contributed by atoms with Gasteiger partial charge in [0.25, 0.3) is 0 Å². The molecule has 4 unspecified atom stereocenters. The fraction of sp³-hybridized carbons (Fsp3) is 1.00. The molecule has 3 rings (SSSR count). The minimum absolute atomic E-state index is 0.395. The van der Waals surface area contributed by atoms with Crippen molar-refractivity contribution in [3.8, 4) is 0 Å². The summed E-state index contributed by atoms with van der Waals surface area (Å²) in [5.41, 5.74) is 6.70. The van der Waals surface area contributed by atoms with Gasteiger partial charge < -0.3 is 11.1 Å². The molecule has 122 valence electrons. The smallest absolute Gasteiger partial charge is 0.00203 e. The molecule has 0 bridgehead atoms. The summed E-state index contributed by atoms with van der Waals surface area (Å²) in [7, 11) is 0. The molecule has 0 aromatic rings.